The SMILES string of the molecule is COc1cc(OCC(=O)N(CC(C)C(=O)O)C2CC2)ccc1[N+](=O)[O-]. The molecule has 25 heavy (non-hydrogen) atoms. The lowest BCUT2D eigenvalue weighted by Gasteiger charge is -2.24. The first-order valence-electron chi connectivity index (χ1n) is 7.81. The number of hydrogen-bond donors (Lipinski definition) is 1. The van der Waals surface area contributed by atoms with E-state index in [2.05, 4.69) is 0 Å². The largest absolute Gasteiger partial charge is 0.490 e. The number of amides is 1. The Morgan fingerprint density at radius 2 is 2.12 bits per heavy atom. The molecule has 0 aromatic heterocycles. The molecule has 0 spiro atoms. The van der Waals surface area contributed by atoms with Crippen LogP contribution in [0.1, 0.15) is 19.8 Å². The highest BCUT2D eigenvalue weighted by molar-refractivity contribution is 5.79. The third kappa shape index (κ3) is 4.82. The zero-order valence-corrected chi connectivity index (χ0v) is 14.0. The fourth-order valence-corrected chi connectivity index (χ4v) is 2.34. The quantitative estimate of drug-likeness (QED) is 0.530. The average Bonchev–Trinajstić information content (AvgIpc) is 3.41. The average molecular weight is 352 g/mol. The highest BCUT2D eigenvalue weighted by Gasteiger charge is 2.34. The molecule has 1 saturated carbocycles. The molecule has 1 aliphatic rings. The number of carbonyl (C=O) groups excluding carboxylic acids is 1. The second kappa shape index (κ2) is 7.82. The molecule has 0 aliphatic heterocycles. The summed E-state index contributed by atoms with van der Waals surface area (Å²) in [5.41, 5.74) is -0.198. The van der Waals surface area contributed by atoms with Crippen LogP contribution < -0.4 is 9.47 Å². The monoisotopic (exact) mass is 352 g/mol. The van der Waals surface area contributed by atoms with Crippen LogP contribution in [0, 0.1) is 16.0 Å². The van der Waals surface area contributed by atoms with Crippen molar-refractivity contribution in [2.45, 2.75) is 25.8 Å². The van der Waals surface area contributed by atoms with Gasteiger partial charge in [0.2, 0.25) is 5.75 Å². The van der Waals surface area contributed by atoms with Gasteiger partial charge in [-0.05, 0) is 18.9 Å². The van der Waals surface area contributed by atoms with E-state index < -0.39 is 16.8 Å². The minimum Gasteiger partial charge on any atom is -0.490 e. The lowest BCUT2D eigenvalue weighted by atomic mass is 10.1. The summed E-state index contributed by atoms with van der Waals surface area (Å²) in [6.45, 7) is 1.41. The number of benzene rings is 1. The highest BCUT2D eigenvalue weighted by atomic mass is 16.6. The van der Waals surface area contributed by atoms with Gasteiger partial charge in [0.1, 0.15) is 5.75 Å². The van der Waals surface area contributed by atoms with Gasteiger partial charge in [-0.25, -0.2) is 0 Å². The topological polar surface area (TPSA) is 119 Å². The fraction of sp³-hybridized carbons (Fsp3) is 0.500. The Hall–Kier alpha value is -2.84. The number of methoxy groups -OCH3 is 1. The van der Waals surface area contributed by atoms with Gasteiger partial charge in [0.15, 0.2) is 6.61 Å². The third-order valence-electron chi connectivity index (χ3n) is 3.91. The molecule has 1 N–H and O–H groups in total. The molecule has 1 aromatic carbocycles. The number of aliphatic carboxylic acids is 1. The lowest BCUT2D eigenvalue weighted by molar-refractivity contribution is -0.385. The molecule has 1 fully saturated rings. The second-order valence-corrected chi connectivity index (χ2v) is 5.90. The van der Waals surface area contributed by atoms with E-state index in [1.54, 1.807) is 6.92 Å². The Kier molecular flexibility index (Phi) is 5.79. The van der Waals surface area contributed by atoms with Crippen molar-refractivity contribution in [3.05, 3.63) is 28.3 Å². The van der Waals surface area contributed by atoms with E-state index in [9.17, 15) is 19.7 Å². The number of carbonyl (C=O) groups is 2. The summed E-state index contributed by atoms with van der Waals surface area (Å²) in [6.07, 6.45) is 1.70. The number of nitro benzene ring substituents is 1. The number of carboxylic acids is 1. The predicted octanol–water partition coefficient (Wildman–Crippen LogP) is 1.69. The first kappa shape index (κ1) is 18.5. The molecule has 9 nitrogen and oxygen atoms in total. The van der Waals surface area contributed by atoms with Crippen LogP contribution in [0.25, 0.3) is 0 Å². The predicted molar refractivity (Wildman–Crippen MR) is 86.7 cm³/mol. The van der Waals surface area contributed by atoms with Crippen molar-refractivity contribution in [1.29, 1.82) is 0 Å². The summed E-state index contributed by atoms with van der Waals surface area (Å²) in [6, 6.07) is 4.02. The molecule has 136 valence electrons. The van der Waals surface area contributed by atoms with Crippen molar-refractivity contribution in [2.24, 2.45) is 5.92 Å². The van der Waals surface area contributed by atoms with E-state index in [0.717, 1.165) is 12.8 Å². The Morgan fingerprint density at radius 1 is 1.44 bits per heavy atom. The van der Waals surface area contributed by atoms with Gasteiger partial charge < -0.3 is 19.5 Å². The van der Waals surface area contributed by atoms with Gasteiger partial charge in [0, 0.05) is 24.7 Å². The zero-order valence-electron chi connectivity index (χ0n) is 14.0. The Balaban J connectivity index is 2.00. The summed E-state index contributed by atoms with van der Waals surface area (Å²) >= 11 is 0. The van der Waals surface area contributed by atoms with Gasteiger partial charge in [0.05, 0.1) is 18.0 Å². The molecule has 0 bridgehead atoms. The summed E-state index contributed by atoms with van der Waals surface area (Å²) in [7, 11) is 1.30. The number of hydrogen-bond acceptors (Lipinski definition) is 6. The molecular weight excluding hydrogens is 332 g/mol. The first-order chi connectivity index (χ1) is 11.8. The summed E-state index contributed by atoms with van der Waals surface area (Å²) in [5, 5.41) is 19.9. The molecule has 0 radical (unpaired) electrons. The van der Waals surface area contributed by atoms with Crippen molar-refractivity contribution in [1.82, 2.24) is 4.90 Å². The van der Waals surface area contributed by atoms with Crippen LogP contribution >= 0.6 is 0 Å². The van der Waals surface area contributed by atoms with Crippen LogP contribution in [0.4, 0.5) is 5.69 Å². The Labute approximate surface area is 144 Å². The summed E-state index contributed by atoms with van der Waals surface area (Å²) in [5.74, 6) is -1.64. The normalized spacial score (nSPS) is 14.5. The van der Waals surface area contributed by atoms with Crippen molar-refractivity contribution >= 4 is 17.6 Å². The maximum Gasteiger partial charge on any atom is 0.311 e. The van der Waals surface area contributed by atoms with Crippen molar-refractivity contribution in [2.75, 3.05) is 20.3 Å². The third-order valence-corrected chi connectivity index (χ3v) is 3.91. The Bertz CT molecular complexity index is 672. The number of nitrogens with zero attached hydrogens (tertiary/aromatic N) is 2. The highest BCUT2D eigenvalue weighted by Crippen LogP contribution is 2.31. The zero-order chi connectivity index (χ0) is 18.6. The smallest absolute Gasteiger partial charge is 0.311 e. The van der Waals surface area contributed by atoms with Gasteiger partial charge in [-0.1, -0.05) is 6.92 Å². The number of ether oxygens (including phenoxy) is 2. The Morgan fingerprint density at radius 3 is 2.64 bits per heavy atom. The molecule has 2 rings (SSSR count). The molecule has 9 heteroatoms. The number of rotatable bonds is 9. The van der Waals surface area contributed by atoms with Crippen LogP contribution in [-0.4, -0.2) is 53.1 Å². The van der Waals surface area contributed by atoms with Crippen LogP contribution in [-0.2, 0) is 9.59 Å². The molecule has 0 heterocycles. The van der Waals surface area contributed by atoms with E-state index in [0.29, 0.717) is 0 Å². The van der Waals surface area contributed by atoms with Crippen LogP contribution in [0.5, 0.6) is 11.5 Å². The van der Waals surface area contributed by atoms with Gasteiger partial charge in [-0.15, -0.1) is 0 Å². The fourth-order valence-electron chi connectivity index (χ4n) is 2.34. The van der Waals surface area contributed by atoms with E-state index in [1.807, 2.05) is 0 Å². The minimum atomic E-state index is -0.959. The minimum absolute atomic E-state index is 0.0356. The summed E-state index contributed by atoms with van der Waals surface area (Å²) in [4.78, 5) is 35.2. The summed E-state index contributed by atoms with van der Waals surface area (Å²) < 4.78 is 10.4. The molecular formula is C16H20N2O7. The van der Waals surface area contributed by atoms with Gasteiger partial charge in [-0.2, -0.15) is 0 Å². The van der Waals surface area contributed by atoms with Crippen LogP contribution in [0.2, 0.25) is 0 Å². The second-order valence-electron chi connectivity index (χ2n) is 5.90. The van der Waals surface area contributed by atoms with Crippen molar-refractivity contribution in [3.63, 3.8) is 0 Å². The van der Waals surface area contributed by atoms with Crippen molar-refractivity contribution in [3.8, 4) is 11.5 Å². The van der Waals surface area contributed by atoms with E-state index >= 15 is 0 Å². The standard InChI is InChI=1S/C16H20N2O7/c1-10(16(20)21)8-17(11-3-4-11)15(19)9-25-12-5-6-13(18(22)23)14(7-12)24-2/h5-7,10-11H,3-4,8-9H2,1-2H3,(H,20,21). The number of carboxylic acid groups (broad SMARTS) is 1. The van der Waals surface area contributed by atoms with Crippen LogP contribution in [0.15, 0.2) is 18.2 Å². The molecule has 1 aliphatic carbocycles. The van der Waals surface area contributed by atoms with E-state index in [-0.39, 0.29) is 42.3 Å². The molecule has 1 unspecified atom stereocenters. The number of nitro groups is 1. The maximum absolute atomic E-state index is 12.4. The van der Waals surface area contributed by atoms with Gasteiger partial charge >= 0.3 is 11.7 Å². The molecule has 1 atom stereocenters. The van der Waals surface area contributed by atoms with Gasteiger partial charge in [0.25, 0.3) is 5.91 Å². The van der Waals surface area contributed by atoms with E-state index in [1.165, 1.54) is 30.2 Å². The lowest BCUT2D eigenvalue weighted by Crippen LogP contribution is -2.41. The maximum atomic E-state index is 12.4. The first-order valence-corrected chi connectivity index (χ1v) is 7.81. The molecule has 1 amide bonds. The van der Waals surface area contributed by atoms with Crippen molar-refractivity contribution < 1.29 is 29.1 Å². The van der Waals surface area contributed by atoms with Crippen LogP contribution in [0.3, 0.4) is 0 Å². The van der Waals surface area contributed by atoms with E-state index in [4.69, 9.17) is 14.6 Å². The molecule has 0 saturated heterocycles. The van der Waals surface area contributed by atoms with Gasteiger partial charge in [-0.3, -0.25) is 19.7 Å². The molecule has 1 aromatic rings.